The molecule has 118 valence electrons. The van der Waals surface area contributed by atoms with Crippen LogP contribution in [0.25, 0.3) is 0 Å². The molecule has 0 bridgehead atoms. The Morgan fingerprint density at radius 1 is 1.30 bits per heavy atom. The minimum atomic E-state index is -0.861. The van der Waals surface area contributed by atoms with Crippen LogP contribution in [-0.2, 0) is 4.79 Å². The topological polar surface area (TPSA) is 37.3 Å². The number of Topliss-reactive ketones (excluding diaryl/α,β-unsaturated/α-hetero) is 1. The second kappa shape index (κ2) is 7.59. The Bertz CT molecular complexity index is 303. The highest BCUT2D eigenvalue weighted by Gasteiger charge is 2.42. The van der Waals surface area contributed by atoms with Crippen LogP contribution in [0.4, 0.5) is 0 Å². The Balaban J connectivity index is 2.72. The number of hydrogen-bond acceptors (Lipinski definition) is 2. The molecule has 0 amide bonds. The van der Waals surface area contributed by atoms with Crippen LogP contribution in [0.1, 0.15) is 79.6 Å². The first-order chi connectivity index (χ1) is 9.31. The number of hydrogen-bond donors (Lipinski definition) is 1. The van der Waals surface area contributed by atoms with Gasteiger partial charge in [-0.2, -0.15) is 0 Å². The van der Waals surface area contributed by atoms with Crippen LogP contribution in [-0.4, -0.2) is 16.5 Å². The molecule has 0 aromatic rings. The maximum Gasteiger partial charge on any atom is 0.142 e. The molecule has 1 aliphatic carbocycles. The lowest BCUT2D eigenvalue weighted by Crippen LogP contribution is -2.45. The van der Waals surface area contributed by atoms with Gasteiger partial charge in [0.2, 0.25) is 0 Å². The second-order valence-corrected chi connectivity index (χ2v) is 7.42. The Morgan fingerprint density at radius 3 is 2.45 bits per heavy atom. The molecule has 4 unspecified atom stereocenters. The molecule has 1 fully saturated rings. The lowest BCUT2D eigenvalue weighted by molar-refractivity contribution is -0.141. The SMILES string of the molecule is CCCCC(CC)CC1C(=O)C(C(C)(C)O)CCC1C. The molecule has 0 aromatic heterocycles. The Morgan fingerprint density at radius 2 is 1.95 bits per heavy atom. The van der Waals surface area contributed by atoms with Gasteiger partial charge in [-0.1, -0.05) is 46.5 Å². The van der Waals surface area contributed by atoms with Crippen LogP contribution >= 0.6 is 0 Å². The molecule has 2 nitrogen and oxygen atoms in total. The Kier molecular flexibility index (Phi) is 6.71. The van der Waals surface area contributed by atoms with E-state index in [0.717, 1.165) is 19.3 Å². The number of ketones is 1. The minimum absolute atomic E-state index is 0.160. The van der Waals surface area contributed by atoms with Crippen LogP contribution in [0.5, 0.6) is 0 Å². The molecule has 1 rings (SSSR count). The summed E-state index contributed by atoms with van der Waals surface area (Å²) < 4.78 is 0. The summed E-state index contributed by atoms with van der Waals surface area (Å²) in [5, 5.41) is 10.2. The van der Waals surface area contributed by atoms with E-state index in [4.69, 9.17) is 0 Å². The monoisotopic (exact) mass is 282 g/mol. The zero-order chi connectivity index (χ0) is 15.3. The van der Waals surface area contributed by atoms with Gasteiger partial charge in [0.05, 0.1) is 5.60 Å². The van der Waals surface area contributed by atoms with Gasteiger partial charge in [0.1, 0.15) is 5.78 Å². The quantitative estimate of drug-likeness (QED) is 0.741. The predicted octanol–water partition coefficient (Wildman–Crippen LogP) is 4.60. The predicted molar refractivity (Wildman–Crippen MR) is 84.6 cm³/mol. The van der Waals surface area contributed by atoms with Crippen molar-refractivity contribution in [2.24, 2.45) is 23.7 Å². The van der Waals surface area contributed by atoms with E-state index in [1.54, 1.807) is 13.8 Å². The molecular weight excluding hydrogens is 248 g/mol. The smallest absolute Gasteiger partial charge is 0.142 e. The second-order valence-electron chi connectivity index (χ2n) is 7.42. The van der Waals surface area contributed by atoms with E-state index < -0.39 is 5.60 Å². The summed E-state index contributed by atoms with van der Waals surface area (Å²) in [5.74, 6) is 1.49. The summed E-state index contributed by atoms with van der Waals surface area (Å²) >= 11 is 0. The number of unbranched alkanes of at least 4 members (excludes halogenated alkanes) is 1. The van der Waals surface area contributed by atoms with Crippen molar-refractivity contribution in [3.05, 3.63) is 0 Å². The number of aliphatic hydroxyl groups is 1. The van der Waals surface area contributed by atoms with Gasteiger partial charge in [-0.05, 0) is 44.9 Å². The number of carbonyl (C=O) groups is 1. The number of rotatable bonds is 7. The van der Waals surface area contributed by atoms with Crippen molar-refractivity contribution >= 4 is 5.78 Å². The van der Waals surface area contributed by atoms with E-state index in [9.17, 15) is 9.90 Å². The fourth-order valence-corrected chi connectivity index (χ4v) is 3.70. The molecule has 20 heavy (non-hydrogen) atoms. The first-order valence-electron chi connectivity index (χ1n) is 8.57. The summed E-state index contributed by atoms with van der Waals surface area (Å²) in [7, 11) is 0. The highest BCUT2D eigenvalue weighted by Crippen LogP contribution is 2.40. The lowest BCUT2D eigenvalue weighted by atomic mass is 9.66. The van der Waals surface area contributed by atoms with Crippen molar-refractivity contribution in [2.75, 3.05) is 0 Å². The van der Waals surface area contributed by atoms with Gasteiger partial charge in [0.25, 0.3) is 0 Å². The van der Waals surface area contributed by atoms with Gasteiger partial charge in [-0.15, -0.1) is 0 Å². The number of carbonyl (C=O) groups excluding carboxylic acids is 1. The summed E-state index contributed by atoms with van der Waals surface area (Å²) in [4.78, 5) is 12.7. The van der Waals surface area contributed by atoms with Crippen molar-refractivity contribution in [3.8, 4) is 0 Å². The molecule has 0 saturated heterocycles. The average Bonchev–Trinajstić information content (AvgIpc) is 2.36. The van der Waals surface area contributed by atoms with Gasteiger partial charge in [0, 0.05) is 11.8 Å². The van der Waals surface area contributed by atoms with Crippen molar-refractivity contribution in [1.82, 2.24) is 0 Å². The van der Waals surface area contributed by atoms with Crippen molar-refractivity contribution in [1.29, 1.82) is 0 Å². The van der Waals surface area contributed by atoms with Crippen LogP contribution in [0, 0.1) is 23.7 Å². The van der Waals surface area contributed by atoms with Gasteiger partial charge >= 0.3 is 0 Å². The van der Waals surface area contributed by atoms with E-state index in [-0.39, 0.29) is 11.8 Å². The van der Waals surface area contributed by atoms with Crippen molar-refractivity contribution < 1.29 is 9.90 Å². The fourth-order valence-electron chi connectivity index (χ4n) is 3.70. The van der Waals surface area contributed by atoms with Gasteiger partial charge in [-0.25, -0.2) is 0 Å². The maximum absolute atomic E-state index is 12.7. The van der Waals surface area contributed by atoms with Gasteiger partial charge in [0.15, 0.2) is 0 Å². The average molecular weight is 282 g/mol. The molecule has 1 aliphatic rings. The summed E-state index contributed by atoms with van der Waals surface area (Å²) in [5.41, 5.74) is -0.861. The highest BCUT2D eigenvalue weighted by atomic mass is 16.3. The molecule has 0 spiro atoms. The van der Waals surface area contributed by atoms with Gasteiger partial charge in [-0.3, -0.25) is 4.79 Å². The maximum atomic E-state index is 12.7. The molecule has 0 aliphatic heterocycles. The van der Waals surface area contributed by atoms with Crippen LogP contribution in [0.3, 0.4) is 0 Å². The third kappa shape index (κ3) is 4.58. The standard InChI is InChI=1S/C18H34O2/c1-6-8-9-14(7-2)12-15-13(3)10-11-16(17(15)19)18(4,5)20/h13-16,20H,6-12H2,1-5H3. The zero-order valence-electron chi connectivity index (χ0n) is 14.1. The van der Waals surface area contributed by atoms with Crippen molar-refractivity contribution in [3.63, 3.8) is 0 Å². The lowest BCUT2D eigenvalue weighted by Gasteiger charge is -2.39. The molecule has 2 heteroatoms. The molecule has 4 atom stereocenters. The van der Waals surface area contributed by atoms with Crippen LogP contribution in [0.2, 0.25) is 0 Å². The fraction of sp³-hybridized carbons (Fsp3) is 0.944. The minimum Gasteiger partial charge on any atom is -0.390 e. The normalized spacial score (nSPS) is 29.5. The highest BCUT2D eigenvalue weighted by molar-refractivity contribution is 5.85. The third-order valence-electron chi connectivity index (χ3n) is 5.29. The summed E-state index contributed by atoms with van der Waals surface area (Å²) in [6.07, 6.45) is 7.88. The van der Waals surface area contributed by atoms with Crippen molar-refractivity contribution in [2.45, 2.75) is 85.2 Å². The van der Waals surface area contributed by atoms with Gasteiger partial charge < -0.3 is 5.11 Å². The molecule has 1 saturated carbocycles. The molecule has 1 N–H and O–H groups in total. The van der Waals surface area contributed by atoms with Crippen LogP contribution in [0.15, 0.2) is 0 Å². The Labute approximate surface area is 125 Å². The molecule has 0 heterocycles. The van der Waals surface area contributed by atoms with E-state index in [0.29, 0.717) is 17.6 Å². The third-order valence-corrected chi connectivity index (χ3v) is 5.29. The zero-order valence-corrected chi connectivity index (χ0v) is 14.1. The van der Waals surface area contributed by atoms with Crippen LogP contribution < -0.4 is 0 Å². The first-order valence-corrected chi connectivity index (χ1v) is 8.57. The Hall–Kier alpha value is -0.370. The first kappa shape index (κ1) is 17.7. The van der Waals surface area contributed by atoms with E-state index in [1.807, 2.05) is 0 Å². The molecular formula is C18H34O2. The summed E-state index contributed by atoms with van der Waals surface area (Å²) in [6, 6.07) is 0. The largest absolute Gasteiger partial charge is 0.390 e. The van der Waals surface area contributed by atoms with E-state index >= 15 is 0 Å². The molecule has 0 radical (unpaired) electrons. The van der Waals surface area contributed by atoms with E-state index in [1.165, 1.54) is 25.7 Å². The summed E-state index contributed by atoms with van der Waals surface area (Å²) in [6.45, 7) is 10.3. The molecule has 0 aromatic carbocycles. The van der Waals surface area contributed by atoms with E-state index in [2.05, 4.69) is 20.8 Å².